The van der Waals surface area contributed by atoms with E-state index in [0.717, 1.165) is 13.0 Å². The van der Waals surface area contributed by atoms with Gasteiger partial charge in [0.25, 0.3) is 0 Å². The Morgan fingerprint density at radius 3 is 2.92 bits per heavy atom. The van der Waals surface area contributed by atoms with Crippen LogP contribution in [0.3, 0.4) is 0 Å². The van der Waals surface area contributed by atoms with Gasteiger partial charge in [0, 0.05) is 24.7 Å². The van der Waals surface area contributed by atoms with Gasteiger partial charge in [-0.2, -0.15) is 0 Å². The molecule has 0 aromatic heterocycles. The van der Waals surface area contributed by atoms with Gasteiger partial charge in [0.1, 0.15) is 0 Å². The van der Waals surface area contributed by atoms with Gasteiger partial charge in [-0.25, -0.2) is 0 Å². The first-order chi connectivity index (χ1) is 5.84. The van der Waals surface area contributed by atoms with Crippen LogP contribution in [-0.4, -0.2) is 18.5 Å². The summed E-state index contributed by atoms with van der Waals surface area (Å²) in [5, 5.41) is 0. The topological polar surface area (TPSA) is 24.7 Å². The Morgan fingerprint density at radius 2 is 2.33 bits per heavy atom. The minimum Gasteiger partial charge on any atom is -0.289 e. The van der Waals surface area contributed by atoms with Gasteiger partial charge < -0.3 is 0 Å². The van der Waals surface area contributed by atoms with Crippen molar-refractivity contribution in [3.05, 3.63) is 11.8 Å². The molecule has 1 aliphatic rings. The van der Waals surface area contributed by atoms with E-state index in [1.54, 1.807) is 6.21 Å². The van der Waals surface area contributed by atoms with Crippen LogP contribution < -0.4 is 0 Å². The Bertz CT molecular complexity index is 224. The number of hydrogen-bond donors (Lipinski definition) is 0. The molecule has 12 heavy (non-hydrogen) atoms. The van der Waals surface area contributed by atoms with Crippen molar-refractivity contribution < 1.29 is 0 Å². The maximum absolute atomic E-state index is 4.46. The second-order valence-corrected chi connectivity index (χ2v) is 3.00. The van der Waals surface area contributed by atoms with Crippen LogP contribution in [0, 0.1) is 0 Å². The average Bonchev–Trinajstić information content (AvgIpc) is 2.15. The lowest BCUT2D eigenvalue weighted by molar-refractivity contribution is 0.737. The maximum Gasteiger partial charge on any atom is 0.0392 e. The van der Waals surface area contributed by atoms with Gasteiger partial charge in [0.05, 0.1) is 0 Å². The monoisotopic (exact) mass is 164 g/mol. The predicted molar refractivity (Wildman–Crippen MR) is 54.1 cm³/mol. The Balaban J connectivity index is 2.61. The number of nitrogens with zero attached hydrogens (tertiary/aromatic N) is 2. The van der Waals surface area contributed by atoms with Gasteiger partial charge >= 0.3 is 0 Å². The molecule has 66 valence electrons. The van der Waals surface area contributed by atoms with E-state index in [1.165, 1.54) is 24.1 Å². The largest absolute Gasteiger partial charge is 0.289 e. The standard InChI is InChI=1S/C10H16N2/c1-3-11-8-9(2)10-6-4-5-7-12-10/h3,8H,4-7H2,1-2H3/b9-8+,11-3-. The van der Waals surface area contributed by atoms with E-state index in [4.69, 9.17) is 0 Å². The van der Waals surface area contributed by atoms with E-state index >= 15 is 0 Å². The van der Waals surface area contributed by atoms with Crippen LogP contribution in [0.5, 0.6) is 0 Å². The fourth-order valence-corrected chi connectivity index (χ4v) is 1.28. The summed E-state index contributed by atoms with van der Waals surface area (Å²) in [6.45, 7) is 5.00. The molecule has 1 rings (SSSR count). The molecule has 0 spiro atoms. The lowest BCUT2D eigenvalue weighted by atomic mass is 10.0. The van der Waals surface area contributed by atoms with Crippen molar-refractivity contribution in [2.75, 3.05) is 6.54 Å². The third-order valence-corrected chi connectivity index (χ3v) is 2.00. The number of rotatable bonds is 2. The van der Waals surface area contributed by atoms with Gasteiger partial charge in [-0.15, -0.1) is 0 Å². The summed E-state index contributed by atoms with van der Waals surface area (Å²) in [6, 6.07) is 0. The molecule has 0 fully saturated rings. The fourth-order valence-electron chi connectivity index (χ4n) is 1.28. The molecule has 1 heterocycles. The molecule has 0 saturated carbocycles. The van der Waals surface area contributed by atoms with Crippen LogP contribution in [0.2, 0.25) is 0 Å². The lowest BCUT2D eigenvalue weighted by Gasteiger charge is -2.10. The Hall–Kier alpha value is -0.920. The quantitative estimate of drug-likeness (QED) is 0.560. The summed E-state index contributed by atoms with van der Waals surface area (Å²) < 4.78 is 0. The zero-order valence-electron chi connectivity index (χ0n) is 7.88. The fraction of sp³-hybridized carbons (Fsp3) is 0.600. The molecule has 1 aliphatic heterocycles. The summed E-state index contributed by atoms with van der Waals surface area (Å²) in [5.74, 6) is 0. The molecule has 0 aromatic carbocycles. The van der Waals surface area contributed by atoms with Gasteiger partial charge in [-0.1, -0.05) is 0 Å². The highest BCUT2D eigenvalue weighted by atomic mass is 14.8. The lowest BCUT2D eigenvalue weighted by Crippen LogP contribution is -2.06. The summed E-state index contributed by atoms with van der Waals surface area (Å²) in [4.78, 5) is 8.54. The highest BCUT2D eigenvalue weighted by Gasteiger charge is 2.05. The van der Waals surface area contributed by atoms with Crippen molar-refractivity contribution in [2.24, 2.45) is 9.98 Å². The first kappa shape index (κ1) is 9.17. The molecular formula is C10H16N2. The molecule has 0 N–H and O–H groups in total. The van der Waals surface area contributed by atoms with Crippen LogP contribution in [-0.2, 0) is 0 Å². The minimum atomic E-state index is 0.996. The molecular weight excluding hydrogens is 148 g/mol. The van der Waals surface area contributed by atoms with E-state index in [2.05, 4.69) is 16.9 Å². The predicted octanol–water partition coefficient (Wildman–Crippen LogP) is 2.61. The number of aliphatic imine (C=N–C) groups is 2. The van der Waals surface area contributed by atoms with Crippen molar-refractivity contribution in [3.63, 3.8) is 0 Å². The molecule has 0 aromatic rings. The van der Waals surface area contributed by atoms with Gasteiger partial charge in [0.15, 0.2) is 0 Å². The molecule has 0 amide bonds. The minimum absolute atomic E-state index is 0.996. The van der Waals surface area contributed by atoms with Crippen LogP contribution in [0.4, 0.5) is 0 Å². The first-order valence-electron chi connectivity index (χ1n) is 4.53. The Kier molecular flexibility index (Phi) is 3.71. The number of hydrogen-bond acceptors (Lipinski definition) is 2. The van der Waals surface area contributed by atoms with Crippen LogP contribution in [0.15, 0.2) is 21.8 Å². The molecule has 2 heteroatoms. The smallest absolute Gasteiger partial charge is 0.0392 e. The van der Waals surface area contributed by atoms with Crippen molar-refractivity contribution in [1.82, 2.24) is 0 Å². The van der Waals surface area contributed by atoms with Crippen molar-refractivity contribution >= 4 is 11.9 Å². The molecule has 0 unspecified atom stereocenters. The normalized spacial score (nSPS) is 19.8. The van der Waals surface area contributed by atoms with E-state index in [0.29, 0.717) is 0 Å². The van der Waals surface area contributed by atoms with Gasteiger partial charge in [0.2, 0.25) is 0 Å². The molecule has 0 atom stereocenters. The first-order valence-corrected chi connectivity index (χ1v) is 4.53. The Morgan fingerprint density at radius 1 is 1.50 bits per heavy atom. The van der Waals surface area contributed by atoms with Crippen molar-refractivity contribution in [3.8, 4) is 0 Å². The zero-order valence-corrected chi connectivity index (χ0v) is 7.88. The molecule has 2 nitrogen and oxygen atoms in total. The van der Waals surface area contributed by atoms with Gasteiger partial charge in [-0.3, -0.25) is 9.98 Å². The third-order valence-electron chi connectivity index (χ3n) is 2.00. The zero-order chi connectivity index (χ0) is 8.81. The van der Waals surface area contributed by atoms with E-state index in [9.17, 15) is 0 Å². The van der Waals surface area contributed by atoms with E-state index < -0.39 is 0 Å². The van der Waals surface area contributed by atoms with Crippen molar-refractivity contribution in [2.45, 2.75) is 33.1 Å². The number of allylic oxidation sites excluding steroid dienone is 1. The van der Waals surface area contributed by atoms with E-state index in [-0.39, 0.29) is 0 Å². The summed E-state index contributed by atoms with van der Waals surface area (Å²) in [5.41, 5.74) is 2.46. The highest BCUT2D eigenvalue weighted by Crippen LogP contribution is 2.11. The highest BCUT2D eigenvalue weighted by molar-refractivity contribution is 5.99. The van der Waals surface area contributed by atoms with Crippen molar-refractivity contribution in [1.29, 1.82) is 0 Å². The maximum atomic E-state index is 4.46. The molecule has 0 saturated heterocycles. The molecule has 0 bridgehead atoms. The second kappa shape index (κ2) is 4.86. The SMILES string of the molecule is C/C=N\C=C(/C)C1=NCCCC1. The molecule has 0 aliphatic carbocycles. The average molecular weight is 164 g/mol. The third kappa shape index (κ3) is 2.61. The van der Waals surface area contributed by atoms with Crippen LogP contribution in [0.25, 0.3) is 0 Å². The Labute approximate surface area is 74.1 Å². The van der Waals surface area contributed by atoms with Gasteiger partial charge in [-0.05, 0) is 38.7 Å². The second-order valence-electron chi connectivity index (χ2n) is 3.00. The summed E-state index contributed by atoms with van der Waals surface area (Å²) in [6.07, 6.45) is 7.34. The van der Waals surface area contributed by atoms with E-state index in [1.807, 2.05) is 13.1 Å². The van der Waals surface area contributed by atoms with Crippen LogP contribution in [0.1, 0.15) is 33.1 Å². The molecule has 0 radical (unpaired) electrons. The van der Waals surface area contributed by atoms with Crippen LogP contribution >= 0.6 is 0 Å². The summed E-state index contributed by atoms with van der Waals surface area (Å²) >= 11 is 0. The summed E-state index contributed by atoms with van der Waals surface area (Å²) in [7, 11) is 0.